The van der Waals surface area contributed by atoms with Gasteiger partial charge in [-0.3, -0.25) is 0 Å². The highest BCUT2D eigenvalue weighted by molar-refractivity contribution is 5.29. The molecular formula is C6H3F7N2O. The molecule has 0 saturated carbocycles. The molecule has 0 aliphatic rings. The van der Waals surface area contributed by atoms with Crippen LogP contribution >= 0.6 is 0 Å². The zero-order chi connectivity index (χ0) is 12.8. The predicted molar refractivity (Wildman–Crippen MR) is 35.8 cm³/mol. The lowest BCUT2D eigenvalue weighted by Gasteiger charge is -2.25. The summed E-state index contributed by atoms with van der Waals surface area (Å²) in [5, 5.41) is 2.60. The maximum Gasteiger partial charge on any atom is 0.460 e. The second-order valence-corrected chi connectivity index (χ2v) is 2.76. The number of nitrogens with zero attached hydrogens (tertiary/aromatic N) is 1. The summed E-state index contributed by atoms with van der Waals surface area (Å²) < 4.78 is 89.1. The van der Waals surface area contributed by atoms with Gasteiger partial charge in [0.15, 0.2) is 5.82 Å². The van der Waals surface area contributed by atoms with E-state index in [0.717, 1.165) is 0 Å². The van der Waals surface area contributed by atoms with E-state index in [2.05, 4.69) is 9.68 Å². The van der Waals surface area contributed by atoms with E-state index < -0.39 is 29.6 Å². The van der Waals surface area contributed by atoms with Crippen molar-refractivity contribution in [2.75, 3.05) is 5.73 Å². The third-order valence-electron chi connectivity index (χ3n) is 1.59. The van der Waals surface area contributed by atoms with Gasteiger partial charge in [0.05, 0.1) is 0 Å². The highest BCUT2D eigenvalue weighted by Gasteiger charge is 2.75. The fraction of sp³-hybridized carbons (Fsp3) is 0.500. The van der Waals surface area contributed by atoms with Crippen LogP contribution in [0.5, 0.6) is 0 Å². The number of anilines is 1. The van der Waals surface area contributed by atoms with Crippen molar-refractivity contribution in [1.82, 2.24) is 5.16 Å². The van der Waals surface area contributed by atoms with E-state index >= 15 is 0 Å². The lowest BCUT2D eigenvalue weighted by atomic mass is 10.1. The van der Waals surface area contributed by atoms with Gasteiger partial charge in [-0.1, -0.05) is 5.16 Å². The molecule has 2 N–H and O–H groups in total. The summed E-state index contributed by atoms with van der Waals surface area (Å²) >= 11 is 0. The number of hydrogen-bond donors (Lipinski definition) is 1. The molecule has 1 aromatic rings. The quantitative estimate of drug-likeness (QED) is 0.823. The first kappa shape index (κ1) is 12.6. The lowest BCUT2D eigenvalue weighted by molar-refractivity contribution is -0.363. The minimum absolute atomic E-state index is 0.0969. The molecule has 1 rings (SSSR count). The van der Waals surface area contributed by atoms with Gasteiger partial charge in [0, 0.05) is 6.07 Å². The van der Waals surface area contributed by atoms with Gasteiger partial charge in [-0.15, -0.1) is 0 Å². The van der Waals surface area contributed by atoms with Gasteiger partial charge in [-0.05, 0) is 0 Å². The molecular weight excluding hydrogens is 249 g/mol. The minimum Gasteiger partial charge on any atom is -0.381 e. The van der Waals surface area contributed by atoms with Crippen LogP contribution in [0.25, 0.3) is 0 Å². The molecule has 0 spiro atoms. The molecule has 0 amide bonds. The summed E-state index contributed by atoms with van der Waals surface area (Å²) in [4.78, 5) is 0. The van der Waals surface area contributed by atoms with Gasteiger partial charge < -0.3 is 10.3 Å². The highest BCUT2D eigenvalue weighted by atomic mass is 19.4. The van der Waals surface area contributed by atoms with Crippen molar-refractivity contribution in [1.29, 1.82) is 0 Å². The van der Waals surface area contributed by atoms with E-state index in [0.29, 0.717) is 0 Å². The average molecular weight is 252 g/mol. The van der Waals surface area contributed by atoms with E-state index in [4.69, 9.17) is 5.73 Å². The second-order valence-electron chi connectivity index (χ2n) is 2.76. The third-order valence-corrected chi connectivity index (χ3v) is 1.59. The molecule has 92 valence electrons. The van der Waals surface area contributed by atoms with Crippen LogP contribution in [0.15, 0.2) is 10.6 Å². The molecule has 1 aromatic heterocycles. The van der Waals surface area contributed by atoms with Crippen molar-refractivity contribution < 1.29 is 35.3 Å². The zero-order valence-electron chi connectivity index (χ0n) is 7.16. The van der Waals surface area contributed by atoms with Crippen molar-refractivity contribution in [2.45, 2.75) is 18.0 Å². The molecule has 0 bridgehead atoms. The summed E-state index contributed by atoms with van der Waals surface area (Å²) in [6.07, 6.45) is -6.42. The number of halogens is 7. The second kappa shape index (κ2) is 3.25. The Balaban J connectivity index is 3.21. The summed E-state index contributed by atoms with van der Waals surface area (Å²) in [7, 11) is 0. The van der Waals surface area contributed by atoms with Crippen LogP contribution in [0.1, 0.15) is 5.76 Å². The Kier molecular flexibility index (Phi) is 2.56. The molecule has 3 nitrogen and oxygen atoms in total. The summed E-state index contributed by atoms with van der Waals surface area (Å²) in [6.45, 7) is 0. The van der Waals surface area contributed by atoms with Gasteiger partial charge >= 0.3 is 18.0 Å². The largest absolute Gasteiger partial charge is 0.460 e. The van der Waals surface area contributed by atoms with Crippen LogP contribution < -0.4 is 5.73 Å². The molecule has 0 fully saturated rings. The Bertz CT molecular complexity index is 382. The number of nitrogen functional groups attached to an aromatic ring is 1. The van der Waals surface area contributed by atoms with Gasteiger partial charge in [0.2, 0.25) is 5.76 Å². The van der Waals surface area contributed by atoms with E-state index in [1.54, 1.807) is 0 Å². The zero-order valence-corrected chi connectivity index (χ0v) is 7.16. The van der Waals surface area contributed by atoms with Gasteiger partial charge in [-0.25, -0.2) is 0 Å². The van der Waals surface area contributed by atoms with Crippen molar-refractivity contribution >= 4 is 5.82 Å². The maximum absolute atomic E-state index is 12.8. The van der Waals surface area contributed by atoms with Gasteiger partial charge in [0.1, 0.15) is 0 Å². The molecule has 16 heavy (non-hydrogen) atoms. The predicted octanol–water partition coefficient (Wildman–Crippen LogP) is 2.55. The van der Waals surface area contributed by atoms with Gasteiger partial charge in [-0.2, -0.15) is 30.7 Å². The molecule has 0 atom stereocenters. The van der Waals surface area contributed by atoms with Crippen molar-refractivity contribution in [2.24, 2.45) is 0 Å². The lowest BCUT2D eigenvalue weighted by Crippen LogP contribution is -2.49. The minimum atomic E-state index is -6.42. The van der Waals surface area contributed by atoms with Crippen molar-refractivity contribution in [3.05, 3.63) is 11.8 Å². The first-order valence-electron chi connectivity index (χ1n) is 3.55. The molecule has 0 radical (unpaired) electrons. The highest BCUT2D eigenvalue weighted by Crippen LogP contribution is 2.51. The number of hydrogen-bond acceptors (Lipinski definition) is 3. The van der Waals surface area contributed by atoms with Crippen LogP contribution in [0.4, 0.5) is 36.6 Å². The SMILES string of the molecule is Nc1cc(C(F)(F)C(F)(F)C(F)(F)F)on1. The average Bonchev–Trinajstić information content (AvgIpc) is 2.49. The topological polar surface area (TPSA) is 52.0 Å². The Morgan fingerprint density at radius 1 is 1.06 bits per heavy atom. The number of alkyl halides is 7. The molecule has 10 heteroatoms. The number of nitrogens with two attached hydrogens (primary N) is 1. The maximum atomic E-state index is 12.8. The van der Waals surface area contributed by atoms with Crippen molar-refractivity contribution in [3.8, 4) is 0 Å². The molecule has 0 unspecified atom stereocenters. The number of aromatic nitrogens is 1. The molecule has 0 aliphatic heterocycles. The Labute approximate surface area is 83.0 Å². The van der Waals surface area contributed by atoms with E-state index in [9.17, 15) is 30.7 Å². The van der Waals surface area contributed by atoms with Crippen LogP contribution in [-0.2, 0) is 5.92 Å². The fourth-order valence-corrected chi connectivity index (χ4v) is 0.770. The third kappa shape index (κ3) is 1.67. The Hall–Kier alpha value is -1.48. The molecule has 0 aliphatic carbocycles. The molecule has 0 aromatic carbocycles. The Morgan fingerprint density at radius 2 is 1.56 bits per heavy atom. The summed E-state index contributed by atoms with van der Waals surface area (Å²) in [5.41, 5.74) is 4.76. The normalized spacial score (nSPS) is 14.2. The van der Waals surface area contributed by atoms with Crippen LogP contribution in [0.3, 0.4) is 0 Å². The number of rotatable bonds is 2. The Morgan fingerprint density at radius 3 is 1.88 bits per heavy atom. The summed E-state index contributed by atoms with van der Waals surface area (Å²) in [6, 6.07) is 0.0969. The van der Waals surface area contributed by atoms with Crippen LogP contribution in [-0.4, -0.2) is 17.3 Å². The van der Waals surface area contributed by atoms with Crippen molar-refractivity contribution in [3.63, 3.8) is 0 Å². The fourth-order valence-electron chi connectivity index (χ4n) is 0.770. The molecule has 1 heterocycles. The van der Waals surface area contributed by atoms with Crippen LogP contribution in [0.2, 0.25) is 0 Å². The summed E-state index contributed by atoms with van der Waals surface area (Å²) in [5.74, 6) is -14.5. The van der Waals surface area contributed by atoms with Crippen LogP contribution in [0, 0.1) is 0 Å². The molecule has 0 saturated heterocycles. The smallest absolute Gasteiger partial charge is 0.381 e. The van der Waals surface area contributed by atoms with E-state index in [-0.39, 0.29) is 6.07 Å². The van der Waals surface area contributed by atoms with E-state index in [1.165, 1.54) is 0 Å². The first-order valence-corrected chi connectivity index (χ1v) is 3.55. The van der Waals surface area contributed by atoms with Gasteiger partial charge in [0.25, 0.3) is 0 Å². The standard InChI is InChI=1S/C6H3F7N2O/c7-4(8,2-1-3(14)15-16-2)5(9,10)6(11,12)13/h1H,(H2,14,15). The monoisotopic (exact) mass is 252 g/mol. The first-order chi connectivity index (χ1) is 7.00. The van der Waals surface area contributed by atoms with E-state index in [1.807, 2.05) is 0 Å².